The number of nitro groups is 1. The van der Waals surface area contributed by atoms with E-state index in [1.165, 1.54) is 18.2 Å². The molecule has 0 bridgehead atoms. The van der Waals surface area contributed by atoms with Crippen LogP contribution in [-0.4, -0.2) is 16.0 Å². The third-order valence-corrected chi connectivity index (χ3v) is 2.48. The van der Waals surface area contributed by atoms with Crippen LogP contribution in [0.2, 0.25) is 0 Å². The molecule has 1 aromatic heterocycles. The number of rotatable bonds is 5. The fraction of sp³-hybridized carbons (Fsp3) is 0.0833. The van der Waals surface area contributed by atoms with Crippen LogP contribution in [-0.2, 0) is 6.54 Å². The van der Waals surface area contributed by atoms with Crippen LogP contribution >= 0.6 is 0 Å². The molecule has 0 radical (unpaired) electrons. The first-order chi connectivity index (χ1) is 9.47. The molecule has 20 heavy (non-hydrogen) atoms. The Labute approximate surface area is 111 Å². The lowest BCUT2D eigenvalue weighted by Crippen LogP contribution is -2.02. The van der Waals surface area contributed by atoms with Crippen LogP contribution in [0.15, 0.2) is 34.7 Å². The van der Waals surface area contributed by atoms with Crippen molar-refractivity contribution in [3.05, 3.63) is 57.8 Å². The van der Waals surface area contributed by atoms with Crippen LogP contribution in [0, 0.1) is 15.9 Å². The van der Waals surface area contributed by atoms with Crippen LogP contribution < -0.4 is 5.32 Å². The lowest BCUT2D eigenvalue weighted by atomic mass is 10.2. The Kier molecular flexibility index (Phi) is 3.65. The summed E-state index contributed by atoms with van der Waals surface area (Å²) in [5.41, 5.74) is -0.292. The van der Waals surface area contributed by atoms with Gasteiger partial charge in [0.25, 0.3) is 5.69 Å². The molecule has 2 N–H and O–H groups in total. The molecule has 1 aromatic carbocycles. The highest BCUT2D eigenvalue weighted by molar-refractivity contribution is 5.84. The Balaban J connectivity index is 2.14. The van der Waals surface area contributed by atoms with E-state index < -0.39 is 22.4 Å². The van der Waals surface area contributed by atoms with Gasteiger partial charge in [-0.05, 0) is 24.3 Å². The number of carboxylic acids is 1. The van der Waals surface area contributed by atoms with Crippen LogP contribution in [0.5, 0.6) is 0 Å². The van der Waals surface area contributed by atoms with Gasteiger partial charge in [-0.2, -0.15) is 0 Å². The molecule has 0 aliphatic carbocycles. The van der Waals surface area contributed by atoms with Crippen molar-refractivity contribution >= 4 is 17.3 Å². The van der Waals surface area contributed by atoms with Gasteiger partial charge in [0.1, 0.15) is 17.3 Å². The van der Waals surface area contributed by atoms with Gasteiger partial charge in [-0.15, -0.1) is 0 Å². The summed E-state index contributed by atoms with van der Waals surface area (Å²) in [4.78, 5) is 20.7. The van der Waals surface area contributed by atoms with E-state index in [1.54, 1.807) is 0 Å². The monoisotopic (exact) mass is 280 g/mol. The molecular weight excluding hydrogens is 271 g/mol. The van der Waals surface area contributed by atoms with Gasteiger partial charge in [0.2, 0.25) is 5.76 Å². The number of nitrogens with zero attached hydrogens (tertiary/aromatic N) is 1. The SMILES string of the molecule is O=C(O)c1ccc(CNc2ccc(F)cc2[N+](=O)[O-])o1. The average molecular weight is 280 g/mol. The smallest absolute Gasteiger partial charge is 0.371 e. The molecule has 0 saturated carbocycles. The normalized spacial score (nSPS) is 10.2. The molecular formula is C12H9FN2O5. The number of carboxylic acid groups (broad SMARTS) is 1. The Morgan fingerprint density at radius 1 is 1.40 bits per heavy atom. The molecule has 2 aromatic rings. The molecule has 0 amide bonds. The molecule has 7 nitrogen and oxygen atoms in total. The number of furan rings is 1. The van der Waals surface area contributed by atoms with Gasteiger partial charge in [0, 0.05) is 0 Å². The average Bonchev–Trinajstić information content (AvgIpc) is 2.86. The fourth-order valence-electron chi connectivity index (χ4n) is 1.58. The summed E-state index contributed by atoms with van der Waals surface area (Å²) in [7, 11) is 0. The predicted octanol–water partition coefficient (Wildman–Crippen LogP) is 2.64. The van der Waals surface area contributed by atoms with E-state index in [0.29, 0.717) is 5.76 Å². The number of halogens is 1. The van der Waals surface area contributed by atoms with Crippen molar-refractivity contribution in [3.8, 4) is 0 Å². The van der Waals surface area contributed by atoms with E-state index in [1.807, 2.05) is 0 Å². The second-order valence-corrected chi connectivity index (χ2v) is 3.84. The molecule has 2 rings (SSSR count). The molecule has 1 heterocycles. The molecule has 0 atom stereocenters. The number of nitro benzene ring substituents is 1. The quantitative estimate of drug-likeness (QED) is 0.644. The molecule has 8 heteroatoms. The first-order valence-electron chi connectivity index (χ1n) is 5.47. The van der Waals surface area contributed by atoms with Crippen molar-refractivity contribution in [2.24, 2.45) is 0 Å². The third kappa shape index (κ3) is 2.91. The summed E-state index contributed by atoms with van der Waals surface area (Å²) in [5.74, 6) is -1.85. The summed E-state index contributed by atoms with van der Waals surface area (Å²) < 4.78 is 17.9. The van der Waals surface area contributed by atoms with Gasteiger partial charge in [-0.25, -0.2) is 9.18 Å². The van der Waals surface area contributed by atoms with Crippen LogP contribution in [0.25, 0.3) is 0 Å². The molecule has 0 unspecified atom stereocenters. The van der Waals surface area contributed by atoms with Crippen molar-refractivity contribution in [3.63, 3.8) is 0 Å². The third-order valence-electron chi connectivity index (χ3n) is 2.48. The maximum absolute atomic E-state index is 12.9. The van der Waals surface area contributed by atoms with Gasteiger partial charge >= 0.3 is 5.97 Å². The molecule has 0 fully saturated rings. The Morgan fingerprint density at radius 3 is 2.75 bits per heavy atom. The number of anilines is 1. The summed E-state index contributed by atoms with van der Waals surface area (Å²) in [6.45, 7) is 0.0414. The van der Waals surface area contributed by atoms with E-state index >= 15 is 0 Å². The second-order valence-electron chi connectivity index (χ2n) is 3.84. The molecule has 0 aliphatic rings. The second kappa shape index (κ2) is 5.39. The molecule has 0 spiro atoms. The lowest BCUT2D eigenvalue weighted by molar-refractivity contribution is -0.384. The van der Waals surface area contributed by atoms with Crippen molar-refractivity contribution < 1.29 is 23.6 Å². The van der Waals surface area contributed by atoms with Gasteiger partial charge < -0.3 is 14.8 Å². The predicted molar refractivity (Wildman–Crippen MR) is 66.0 cm³/mol. The standard InChI is InChI=1S/C12H9FN2O5/c13-7-1-3-9(10(5-7)15(18)19)14-6-8-2-4-11(20-8)12(16)17/h1-5,14H,6H2,(H,16,17). The van der Waals surface area contributed by atoms with Crippen molar-refractivity contribution in [2.45, 2.75) is 6.54 Å². The van der Waals surface area contributed by atoms with E-state index in [0.717, 1.165) is 12.1 Å². The Bertz CT molecular complexity index is 668. The fourth-order valence-corrected chi connectivity index (χ4v) is 1.58. The first-order valence-corrected chi connectivity index (χ1v) is 5.47. The maximum Gasteiger partial charge on any atom is 0.371 e. The minimum Gasteiger partial charge on any atom is -0.475 e. The summed E-state index contributed by atoms with van der Waals surface area (Å²) in [5, 5.41) is 22.2. The number of benzene rings is 1. The Morgan fingerprint density at radius 2 is 2.15 bits per heavy atom. The topological polar surface area (TPSA) is 106 Å². The van der Waals surface area contributed by atoms with Crippen molar-refractivity contribution in [1.29, 1.82) is 0 Å². The highest BCUT2D eigenvalue weighted by Crippen LogP contribution is 2.25. The summed E-state index contributed by atoms with van der Waals surface area (Å²) in [6.07, 6.45) is 0. The van der Waals surface area contributed by atoms with E-state index in [9.17, 15) is 19.3 Å². The highest BCUT2D eigenvalue weighted by atomic mass is 19.1. The first kappa shape index (κ1) is 13.5. The van der Waals surface area contributed by atoms with Crippen molar-refractivity contribution in [2.75, 3.05) is 5.32 Å². The highest BCUT2D eigenvalue weighted by Gasteiger charge is 2.15. The van der Waals surface area contributed by atoms with E-state index in [-0.39, 0.29) is 18.0 Å². The van der Waals surface area contributed by atoms with Crippen molar-refractivity contribution in [1.82, 2.24) is 0 Å². The number of hydrogen-bond acceptors (Lipinski definition) is 5. The van der Waals surface area contributed by atoms with Crippen LogP contribution in [0.3, 0.4) is 0 Å². The zero-order chi connectivity index (χ0) is 14.7. The molecule has 0 saturated heterocycles. The summed E-state index contributed by atoms with van der Waals surface area (Å²) in [6, 6.07) is 5.83. The van der Waals surface area contributed by atoms with Crippen LogP contribution in [0.4, 0.5) is 15.8 Å². The molecule has 0 aliphatic heterocycles. The number of nitrogens with one attached hydrogen (secondary N) is 1. The van der Waals surface area contributed by atoms with Gasteiger partial charge in [-0.3, -0.25) is 10.1 Å². The Hall–Kier alpha value is -2.90. The minimum atomic E-state index is -1.20. The summed E-state index contributed by atoms with van der Waals surface area (Å²) >= 11 is 0. The zero-order valence-electron chi connectivity index (χ0n) is 10.00. The maximum atomic E-state index is 12.9. The van der Waals surface area contributed by atoms with Gasteiger partial charge in [0.15, 0.2) is 0 Å². The number of aromatic carboxylic acids is 1. The van der Waals surface area contributed by atoms with Gasteiger partial charge in [-0.1, -0.05) is 0 Å². The molecule has 104 valence electrons. The van der Waals surface area contributed by atoms with E-state index in [4.69, 9.17) is 9.52 Å². The minimum absolute atomic E-state index is 0.0414. The van der Waals surface area contributed by atoms with E-state index in [2.05, 4.69) is 5.32 Å². The zero-order valence-corrected chi connectivity index (χ0v) is 10.00. The largest absolute Gasteiger partial charge is 0.475 e. The van der Waals surface area contributed by atoms with Crippen LogP contribution in [0.1, 0.15) is 16.3 Å². The number of hydrogen-bond donors (Lipinski definition) is 2. The lowest BCUT2D eigenvalue weighted by Gasteiger charge is -2.05. The number of carbonyl (C=O) groups is 1. The van der Waals surface area contributed by atoms with Gasteiger partial charge in [0.05, 0.1) is 17.5 Å².